The summed E-state index contributed by atoms with van der Waals surface area (Å²) in [5.41, 5.74) is 4.76. The number of ether oxygens (including phenoxy) is 1. The van der Waals surface area contributed by atoms with E-state index in [4.69, 9.17) is 15.6 Å². The van der Waals surface area contributed by atoms with Gasteiger partial charge in [0.15, 0.2) is 0 Å². The monoisotopic (exact) mass is 247 g/mol. The largest absolute Gasteiger partial charge is 0.480 e. The summed E-state index contributed by atoms with van der Waals surface area (Å²) in [4.78, 5) is 33.5. The van der Waals surface area contributed by atoms with Crippen LogP contribution in [0.5, 0.6) is 0 Å². The quantitative estimate of drug-likeness (QED) is 0.485. The van der Waals surface area contributed by atoms with Gasteiger partial charge in [0, 0.05) is 26.6 Å². The zero-order chi connectivity index (χ0) is 13.3. The Morgan fingerprint density at radius 1 is 1.35 bits per heavy atom. The summed E-state index contributed by atoms with van der Waals surface area (Å²) >= 11 is 0. The number of carboxylic acid groups (broad SMARTS) is 1. The molecule has 0 saturated heterocycles. The van der Waals surface area contributed by atoms with E-state index in [0.29, 0.717) is 13.2 Å². The molecule has 0 bridgehead atoms. The van der Waals surface area contributed by atoms with Crippen molar-refractivity contribution in [2.45, 2.75) is 6.42 Å². The highest BCUT2D eigenvalue weighted by Crippen LogP contribution is 1.92. The first-order valence-corrected chi connectivity index (χ1v) is 4.98. The number of imide groups is 1. The van der Waals surface area contributed by atoms with Crippen molar-refractivity contribution in [3.63, 3.8) is 0 Å². The molecule has 3 amide bonds. The molecule has 0 rings (SSSR count). The van der Waals surface area contributed by atoms with E-state index in [1.165, 1.54) is 12.0 Å². The van der Waals surface area contributed by atoms with Crippen molar-refractivity contribution in [1.82, 2.24) is 10.2 Å². The molecule has 0 fully saturated rings. The van der Waals surface area contributed by atoms with Crippen LogP contribution in [-0.2, 0) is 14.3 Å². The van der Waals surface area contributed by atoms with Gasteiger partial charge in [0.05, 0.1) is 13.2 Å². The maximum absolute atomic E-state index is 11.1. The lowest BCUT2D eigenvalue weighted by atomic mass is 10.3. The molecule has 17 heavy (non-hydrogen) atoms. The Kier molecular flexibility index (Phi) is 7.65. The molecule has 0 radical (unpaired) electrons. The van der Waals surface area contributed by atoms with Crippen molar-refractivity contribution in [1.29, 1.82) is 0 Å². The lowest BCUT2D eigenvalue weighted by molar-refractivity contribution is -0.138. The number of nitrogens with zero attached hydrogens (tertiary/aromatic N) is 1. The second-order valence-corrected chi connectivity index (χ2v) is 3.33. The third-order valence-corrected chi connectivity index (χ3v) is 1.89. The molecule has 0 atom stereocenters. The van der Waals surface area contributed by atoms with Crippen LogP contribution in [-0.4, -0.2) is 61.3 Å². The molecule has 0 saturated carbocycles. The summed E-state index contributed by atoms with van der Waals surface area (Å²) < 4.78 is 4.82. The molecule has 0 aromatic rings. The van der Waals surface area contributed by atoms with Gasteiger partial charge in [0.1, 0.15) is 0 Å². The highest BCUT2D eigenvalue weighted by atomic mass is 16.5. The standard InChI is InChI=1S/C9H17N3O5/c1-17-5-4-12(6-8(14)15)3-2-7(13)11-9(10)16/h2-6H2,1H3,(H,14,15)(H3,10,11,13,16). The maximum Gasteiger partial charge on any atom is 0.318 e. The molecule has 4 N–H and O–H groups in total. The van der Waals surface area contributed by atoms with Gasteiger partial charge in [-0.3, -0.25) is 19.8 Å². The van der Waals surface area contributed by atoms with Gasteiger partial charge in [-0.2, -0.15) is 0 Å². The zero-order valence-electron chi connectivity index (χ0n) is 9.64. The summed E-state index contributed by atoms with van der Waals surface area (Å²) in [5.74, 6) is -1.53. The maximum atomic E-state index is 11.1. The molecule has 8 nitrogen and oxygen atoms in total. The van der Waals surface area contributed by atoms with Crippen LogP contribution in [0.25, 0.3) is 0 Å². The third kappa shape index (κ3) is 9.27. The highest BCUT2D eigenvalue weighted by molar-refractivity contribution is 5.93. The normalized spacial score (nSPS) is 10.2. The number of amides is 3. The number of carboxylic acids is 1. The van der Waals surface area contributed by atoms with Gasteiger partial charge >= 0.3 is 12.0 Å². The predicted octanol–water partition coefficient (Wildman–Crippen LogP) is -1.40. The summed E-state index contributed by atoms with van der Waals surface area (Å²) in [5, 5.41) is 10.5. The van der Waals surface area contributed by atoms with E-state index in [1.807, 2.05) is 5.32 Å². The number of methoxy groups -OCH3 is 1. The number of carbonyl (C=O) groups excluding carboxylic acids is 2. The summed E-state index contributed by atoms with van der Waals surface area (Å²) in [6, 6.07) is -0.920. The van der Waals surface area contributed by atoms with Gasteiger partial charge < -0.3 is 15.6 Å². The van der Waals surface area contributed by atoms with Crippen LogP contribution in [0.4, 0.5) is 4.79 Å². The number of nitrogens with one attached hydrogen (secondary N) is 1. The average molecular weight is 247 g/mol. The second kappa shape index (κ2) is 8.48. The Hall–Kier alpha value is -1.67. The molecule has 0 aliphatic carbocycles. The lowest BCUT2D eigenvalue weighted by Crippen LogP contribution is -2.39. The van der Waals surface area contributed by atoms with E-state index in [1.54, 1.807) is 0 Å². The van der Waals surface area contributed by atoms with Crippen LogP contribution in [0, 0.1) is 0 Å². The van der Waals surface area contributed by atoms with E-state index in [0.717, 1.165) is 0 Å². The van der Waals surface area contributed by atoms with Gasteiger partial charge in [0.2, 0.25) is 5.91 Å². The number of hydrogen-bond acceptors (Lipinski definition) is 5. The third-order valence-electron chi connectivity index (χ3n) is 1.89. The second-order valence-electron chi connectivity index (χ2n) is 3.33. The fraction of sp³-hybridized carbons (Fsp3) is 0.667. The molecule has 0 aromatic carbocycles. The van der Waals surface area contributed by atoms with Crippen molar-refractivity contribution in [3.05, 3.63) is 0 Å². The van der Waals surface area contributed by atoms with Gasteiger partial charge in [0.25, 0.3) is 0 Å². The van der Waals surface area contributed by atoms with Crippen molar-refractivity contribution in [2.75, 3.05) is 33.4 Å². The smallest absolute Gasteiger partial charge is 0.318 e. The molecule has 0 aliphatic rings. The molecule has 0 aromatic heterocycles. The van der Waals surface area contributed by atoms with E-state index < -0.39 is 17.9 Å². The number of rotatable bonds is 8. The molecule has 0 aliphatic heterocycles. The summed E-state index contributed by atoms with van der Waals surface area (Å²) in [7, 11) is 1.50. The minimum atomic E-state index is -0.989. The first-order valence-electron chi connectivity index (χ1n) is 4.98. The van der Waals surface area contributed by atoms with Gasteiger partial charge in [-0.1, -0.05) is 0 Å². The van der Waals surface area contributed by atoms with Crippen molar-refractivity contribution < 1.29 is 24.2 Å². The van der Waals surface area contributed by atoms with E-state index in [9.17, 15) is 14.4 Å². The predicted molar refractivity (Wildman–Crippen MR) is 58.3 cm³/mol. The van der Waals surface area contributed by atoms with Crippen LogP contribution < -0.4 is 11.1 Å². The van der Waals surface area contributed by atoms with Crippen LogP contribution >= 0.6 is 0 Å². The Bertz CT molecular complexity index is 282. The topological polar surface area (TPSA) is 122 Å². The molecule has 0 spiro atoms. The molecule has 98 valence electrons. The Balaban J connectivity index is 4.00. The number of primary amides is 1. The average Bonchev–Trinajstić information content (AvgIpc) is 2.20. The lowest BCUT2D eigenvalue weighted by Gasteiger charge is -2.18. The number of aliphatic carboxylic acids is 1. The van der Waals surface area contributed by atoms with Crippen LogP contribution in [0.1, 0.15) is 6.42 Å². The number of nitrogens with two attached hydrogens (primary N) is 1. The van der Waals surface area contributed by atoms with Gasteiger partial charge in [-0.05, 0) is 0 Å². The summed E-state index contributed by atoms with van der Waals surface area (Å²) in [6.07, 6.45) is -0.0000652. The number of hydrogen-bond donors (Lipinski definition) is 3. The van der Waals surface area contributed by atoms with Crippen LogP contribution in [0.15, 0.2) is 0 Å². The van der Waals surface area contributed by atoms with Gasteiger partial charge in [-0.25, -0.2) is 4.79 Å². The molecule has 0 unspecified atom stereocenters. The van der Waals surface area contributed by atoms with Crippen molar-refractivity contribution >= 4 is 17.9 Å². The molecule has 0 heterocycles. The first-order chi connectivity index (χ1) is 7.95. The van der Waals surface area contributed by atoms with E-state index >= 15 is 0 Å². The van der Waals surface area contributed by atoms with Crippen molar-refractivity contribution in [2.24, 2.45) is 5.73 Å². The molecular formula is C9H17N3O5. The minimum absolute atomic E-state index is 0.0000652. The Labute approximate surface area is 98.7 Å². The number of carbonyl (C=O) groups is 3. The fourth-order valence-electron chi connectivity index (χ4n) is 1.14. The highest BCUT2D eigenvalue weighted by Gasteiger charge is 2.12. The Morgan fingerprint density at radius 3 is 2.47 bits per heavy atom. The number of urea groups is 1. The van der Waals surface area contributed by atoms with E-state index in [2.05, 4.69) is 0 Å². The van der Waals surface area contributed by atoms with Crippen LogP contribution in [0.3, 0.4) is 0 Å². The molecule has 8 heteroatoms. The van der Waals surface area contributed by atoms with Gasteiger partial charge in [-0.15, -0.1) is 0 Å². The van der Waals surface area contributed by atoms with Crippen molar-refractivity contribution in [3.8, 4) is 0 Å². The fourth-order valence-corrected chi connectivity index (χ4v) is 1.14. The SMILES string of the molecule is COCCN(CCC(=O)NC(N)=O)CC(=O)O. The minimum Gasteiger partial charge on any atom is -0.480 e. The Morgan fingerprint density at radius 2 is 2.00 bits per heavy atom. The first kappa shape index (κ1) is 15.3. The zero-order valence-corrected chi connectivity index (χ0v) is 9.64. The van der Waals surface area contributed by atoms with E-state index in [-0.39, 0.29) is 19.5 Å². The molecular weight excluding hydrogens is 230 g/mol. The van der Waals surface area contributed by atoms with Crippen LogP contribution in [0.2, 0.25) is 0 Å². The summed E-state index contributed by atoms with van der Waals surface area (Å²) in [6.45, 7) is 0.791.